The van der Waals surface area contributed by atoms with Crippen molar-refractivity contribution in [1.82, 2.24) is 15.5 Å². The van der Waals surface area contributed by atoms with Crippen LogP contribution in [-0.4, -0.2) is 59.6 Å². The molecule has 0 aromatic heterocycles. The van der Waals surface area contributed by atoms with Gasteiger partial charge in [-0.1, -0.05) is 12.1 Å². The Hall–Kier alpha value is -2.94. The quantitative estimate of drug-likeness (QED) is 0.643. The number of rotatable bonds is 3. The number of ether oxygens (including phenoxy) is 1. The first kappa shape index (κ1) is 16.9. The van der Waals surface area contributed by atoms with Crippen LogP contribution in [0.5, 0.6) is 0 Å². The van der Waals surface area contributed by atoms with Gasteiger partial charge in [-0.3, -0.25) is 14.9 Å². The molecule has 1 aromatic rings. The first-order valence-corrected chi connectivity index (χ1v) is 7.69. The average Bonchev–Trinajstić information content (AvgIpc) is 2.87. The van der Waals surface area contributed by atoms with Crippen LogP contribution in [0.1, 0.15) is 22.8 Å². The number of imide groups is 1. The molecule has 2 fully saturated rings. The minimum Gasteiger partial charge on any atom is -0.479 e. The van der Waals surface area contributed by atoms with E-state index in [2.05, 4.69) is 10.6 Å². The van der Waals surface area contributed by atoms with Crippen molar-refractivity contribution in [2.24, 2.45) is 0 Å². The Morgan fingerprint density at radius 3 is 2.52 bits per heavy atom. The molecule has 1 aromatic carbocycles. The number of carboxylic acids is 1. The Labute approximate surface area is 142 Å². The van der Waals surface area contributed by atoms with Gasteiger partial charge in [0.05, 0.1) is 13.2 Å². The number of nitrogens with one attached hydrogen (secondary N) is 2. The standard InChI is InChI=1S/C16H17N3O6/c1-16(14(23)17-15(24)18-16)10-4-2-9(3-5-10)12(20)19-6-7-25-11(8-19)13(21)22/h2-5,11H,6-8H2,1H3,(H,21,22)(H2,17,18,23,24). The van der Waals surface area contributed by atoms with E-state index in [0.717, 1.165) is 0 Å². The highest BCUT2D eigenvalue weighted by atomic mass is 16.5. The van der Waals surface area contributed by atoms with Crippen LogP contribution >= 0.6 is 0 Å². The van der Waals surface area contributed by atoms with E-state index in [1.807, 2.05) is 0 Å². The van der Waals surface area contributed by atoms with Crippen LogP contribution in [0.3, 0.4) is 0 Å². The van der Waals surface area contributed by atoms with Crippen molar-refractivity contribution in [3.05, 3.63) is 35.4 Å². The zero-order chi connectivity index (χ0) is 18.2. The summed E-state index contributed by atoms with van der Waals surface area (Å²) in [5, 5.41) is 13.7. The summed E-state index contributed by atoms with van der Waals surface area (Å²) in [5.74, 6) is -1.89. The Bertz CT molecular complexity index is 747. The average molecular weight is 347 g/mol. The van der Waals surface area contributed by atoms with Gasteiger partial charge >= 0.3 is 12.0 Å². The summed E-state index contributed by atoms with van der Waals surface area (Å²) in [4.78, 5) is 48.2. The lowest BCUT2D eigenvalue weighted by Crippen LogP contribution is -2.48. The number of aliphatic carboxylic acids is 1. The molecule has 3 rings (SSSR count). The minimum atomic E-state index is -1.19. The van der Waals surface area contributed by atoms with Gasteiger partial charge in [-0.2, -0.15) is 0 Å². The summed E-state index contributed by atoms with van der Waals surface area (Å²) in [7, 11) is 0. The first-order valence-electron chi connectivity index (χ1n) is 7.69. The molecular weight excluding hydrogens is 330 g/mol. The zero-order valence-electron chi connectivity index (χ0n) is 13.4. The molecule has 0 aliphatic carbocycles. The van der Waals surface area contributed by atoms with Crippen LogP contribution < -0.4 is 10.6 Å². The normalized spacial score (nSPS) is 26.1. The van der Waals surface area contributed by atoms with Gasteiger partial charge in [0.1, 0.15) is 5.54 Å². The maximum atomic E-state index is 12.5. The summed E-state index contributed by atoms with van der Waals surface area (Å²) in [5.41, 5.74) is -0.285. The number of carbonyl (C=O) groups is 4. The highest BCUT2D eigenvalue weighted by Gasteiger charge is 2.43. The van der Waals surface area contributed by atoms with Gasteiger partial charge < -0.3 is 20.1 Å². The molecule has 4 amide bonds. The predicted molar refractivity (Wildman–Crippen MR) is 83.7 cm³/mol. The van der Waals surface area contributed by atoms with E-state index in [4.69, 9.17) is 9.84 Å². The third-order valence-electron chi connectivity index (χ3n) is 4.38. The van der Waals surface area contributed by atoms with Crippen LogP contribution in [0.15, 0.2) is 24.3 Å². The lowest BCUT2D eigenvalue weighted by Gasteiger charge is -2.31. The van der Waals surface area contributed by atoms with E-state index in [9.17, 15) is 19.2 Å². The summed E-state index contributed by atoms with van der Waals surface area (Å²) in [6.45, 7) is 2.02. The SMILES string of the molecule is CC1(c2ccc(C(=O)N3CCOC(C(=O)O)C3)cc2)NC(=O)NC1=O. The smallest absolute Gasteiger partial charge is 0.334 e. The van der Waals surface area contributed by atoms with E-state index < -0.39 is 29.6 Å². The second kappa shape index (κ2) is 6.17. The maximum absolute atomic E-state index is 12.5. The fraction of sp³-hybridized carbons (Fsp3) is 0.375. The number of hydrogen-bond acceptors (Lipinski definition) is 5. The summed E-state index contributed by atoms with van der Waals surface area (Å²) in [6.07, 6.45) is -1.03. The number of carboxylic acid groups (broad SMARTS) is 1. The van der Waals surface area contributed by atoms with Crippen LogP contribution in [0.4, 0.5) is 4.79 Å². The lowest BCUT2D eigenvalue weighted by molar-refractivity contribution is -0.154. The van der Waals surface area contributed by atoms with Gasteiger partial charge in [-0.15, -0.1) is 0 Å². The van der Waals surface area contributed by atoms with Crippen molar-refractivity contribution in [2.45, 2.75) is 18.6 Å². The van der Waals surface area contributed by atoms with Gasteiger partial charge in [0.2, 0.25) is 0 Å². The van der Waals surface area contributed by atoms with Crippen molar-refractivity contribution in [2.75, 3.05) is 19.7 Å². The molecule has 2 aliphatic rings. The number of nitrogens with zero attached hydrogens (tertiary/aromatic N) is 1. The molecule has 9 nitrogen and oxygen atoms in total. The first-order chi connectivity index (χ1) is 11.8. The molecule has 0 spiro atoms. The molecular formula is C16H17N3O6. The minimum absolute atomic E-state index is 0.0217. The molecule has 2 atom stereocenters. The van der Waals surface area contributed by atoms with Gasteiger partial charge in [-0.05, 0) is 24.6 Å². The molecule has 0 saturated carbocycles. The highest BCUT2D eigenvalue weighted by Crippen LogP contribution is 2.25. The number of morpholine rings is 1. The van der Waals surface area contributed by atoms with Gasteiger partial charge in [0.25, 0.3) is 11.8 Å². The fourth-order valence-corrected chi connectivity index (χ4v) is 2.86. The van der Waals surface area contributed by atoms with E-state index in [1.54, 1.807) is 31.2 Å². The van der Waals surface area contributed by atoms with Crippen molar-refractivity contribution in [3.8, 4) is 0 Å². The van der Waals surface area contributed by atoms with E-state index in [1.165, 1.54) is 4.90 Å². The van der Waals surface area contributed by atoms with E-state index >= 15 is 0 Å². The lowest BCUT2D eigenvalue weighted by atomic mass is 9.91. The maximum Gasteiger partial charge on any atom is 0.334 e. The molecule has 9 heteroatoms. The van der Waals surface area contributed by atoms with Crippen molar-refractivity contribution in [3.63, 3.8) is 0 Å². The van der Waals surface area contributed by atoms with E-state index in [-0.39, 0.29) is 19.1 Å². The Morgan fingerprint density at radius 1 is 1.28 bits per heavy atom. The molecule has 25 heavy (non-hydrogen) atoms. The van der Waals surface area contributed by atoms with Crippen LogP contribution in [0.2, 0.25) is 0 Å². The molecule has 132 valence electrons. The van der Waals surface area contributed by atoms with Crippen molar-refractivity contribution < 1.29 is 29.0 Å². The third kappa shape index (κ3) is 3.05. The number of benzene rings is 1. The monoisotopic (exact) mass is 347 g/mol. The number of carbonyl (C=O) groups excluding carboxylic acids is 3. The number of amides is 4. The van der Waals surface area contributed by atoms with Gasteiger partial charge in [0.15, 0.2) is 6.10 Å². The van der Waals surface area contributed by atoms with Crippen molar-refractivity contribution in [1.29, 1.82) is 0 Å². The third-order valence-corrected chi connectivity index (χ3v) is 4.38. The Kier molecular flexibility index (Phi) is 4.17. The Balaban J connectivity index is 1.76. The molecule has 0 bridgehead atoms. The molecule has 2 saturated heterocycles. The second-order valence-electron chi connectivity index (χ2n) is 6.06. The van der Waals surface area contributed by atoms with Crippen molar-refractivity contribution >= 4 is 23.8 Å². The largest absolute Gasteiger partial charge is 0.479 e. The molecule has 2 aliphatic heterocycles. The summed E-state index contributed by atoms with van der Waals surface area (Å²) >= 11 is 0. The number of urea groups is 1. The van der Waals surface area contributed by atoms with Crippen LogP contribution in [-0.2, 0) is 19.9 Å². The topological polar surface area (TPSA) is 125 Å². The molecule has 3 N–H and O–H groups in total. The molecule has 2 heterocycles. The fourth-order valence-electron chi connectivity index (χ4n) is 2.86. The highest BCUT2D eigenvalue weighted by molar-refractivity contribution is 6.07. The molecule has 2 unspecified atom stereocenters. The second-order valence-corrected chi connectivity index (χ2v) is 6.06. The number of hydrogen-bond donors (Lipinski definition) is 3. The predicted octanol–water partition coefficient (Wildman–Crippen LogP) is -0.333. The summed E-state index contributed by atoms with van der Waals surface area (Å²) < 4.78 is 5.10. The van der Waals surface area contributed by atoms with Gasteiger partial charge in [-0.25, -0.2) is 9.59 Å². The summed E-state index contributed by atoms with van der Waals surface area (Å²) in [6, 6.07) is 5.71. The zero-order valence-corrected chi connectivity index (χ0v) is 13.4. The van der Waals surface area contributed by atoms with E-state index in [0.29, 0.717) is 17.7 Å². The van der Waals surface area contributed by atoms with Gasteiger partial charge in [0, 0.05) is 12.1 Å². The Morgan fingerprint density at radius 2 is 1.96 bits per heavy atom. The van der Waals surface area contributed by atoms with Crippen LogP contribution in [0, 0.1) is 0 Å². The van der Waals surface area contributed by atoms with Crippen LogP contribution in [0.25, 0.3) is 0 Å². The molecule has 0 radical (unpaired) electrons.